The summed E-state index contributed by atoms with van der Waals surface area (Å²) in [5.41, 5.74) is 0.425. The molecule has 178 valence electrons. The molecule has 1 aromatic heterocycles. The number of amides is 2. The number of carbonyl (C=O) groups excluding carboxylic acids is 2. The second-order valence-corrected chi connectivity index (χ2v) is 9.65. The van der Waals surface area contributed by atoms with E-state index in [1.807, 2.05) is 9.80 Å². The first-order valence-corrected chi connectivity index (χ1v) is 12.0. The van der Waals surface area contributed by atoms with E-state index in [0.29, 0.717) is 74.5 Å². The lowest BCUT2D eigenvalue weighted by molar-refractivity contribution is -0.136. The highest BCUT2D eigenvalue weighted by Gasteiger charge is 2.28. The van der Waals surface area contributed by atoms with Crippen molar-refractivity contribution < 1.29 is 18.4 Å². The number of halogens is 1. The highest BCUT2D eigenvalue weighted by Crippen LogP contribution is 2.25. The summed E-state index contributed by atoms with van der Waals surface area (Å²) >= 11 is 0. The van der Waals surface area contributed by atoms with E-state index in [2.05, 4.69) is 18.7 Å². The van der Waals surface area contributed by atoms with Gasteiger partial charge in [0.15, 0.2) is 0 Å². The normalized spacial score (nSPS) is 21.9. The van der Waals surface area contributed by atoms with Crippen LogP contribution in [0.1, 0.15) is 32.4 Å². The number of piperazine rings is 1. The van der Waals surface area contributed by atoms with Crippen LogP contribution in [0.4, 0.5) is 4.39 Å². The molecule has 7 heteroatoms. The maximum absolute atomic E-state index is 13.9. The van der Waals surface area contributed by atoms with Crippen LogP contribution in [-0.4, -0.2) is 72.3 Å². The predicted molar refractivity (Wildman–Crippen MR) is 125 cm³/mol. The Labute approximate surface area is 195 Å². The average Bonchev–Trinajstić information content (AvgIpc) is 3.26. The summed E-state index contributed by atoms with van der Waals surface area (Å²) < 4.78 is 19.7. The largest absolute Gasteiger partial charge is 0.461 e. The Bertz CT molecular complexity index is 957. The number of hydrogen-bond donors (Lipinski definition) is 0. The van der Waals surface area contributed by atoms with Gasteiger partial charge >= 0.3 is 0 Å². The van der Waals surface area contributed by atoms with Crippen LogP contribution in [0.15, 0.2) is 40.8 Å². The molecule has 0 radical (unpaired) electrons. The Hall–Kier alpha value is -2.67. The quantitative estimate of drug-likeness (QED) is 0.667. The molecule has 1 aromatic carbocycles. The number of aryl methyl sites for hydroxylation is 1. The van der Waals surface area contributed by atoms with E-state index in [9.17, 15) is 14.0 Å². The van der Waals surface area contributed by atoms with Gasteiger partial charge in [-0.15, -0.1) is 0 Å². The van der Waals surface area contributed by atoms with E-state index in [-0.39, 0.29) is 17.6 Å². The van der Waals surface area contributed by atoms with Crippen LogP contribution in [0.25, 0.3) is 11.3 Å². The molecule has 4 rings (SSSR count). The molecule has 2 aliphatic rings. The van der Waals surface area contributed by atoms with E-state index < -0.39 is 0 Å². The summed E-state index contributed by atoms with van der Waals surface area (Å²) in [6, 6.07) is 10.1. The zero-order valence-electron chi connectivity index (χ0n) is 19.6. The molecule has 6 nitrogen and oxygen atoms in total. The maximum Gasteiger partial charge on any atom is 0.236 e. The number of carbonyl (C=O) groups is 2. The molecule has 3 heterocycles. The second-order valence-electron chi connectivity index (χ2n) is 9.65. The third-order valence-corrected chi connectivity index (χ3v) is 6.69. The predicted octanol–water partition coefficient (Wildman–Crippen LogP) is 3.67. The number of furan rings is 1. The molecular formula is C26H34FN3O3. The fourth-order valence-corrected chi connectivity index (χ4v) is 5.02. The average molecular weight is 456 g/mol. The van der Waals surface area contributed by atoms with E-state index in [1.54, 1.807) is 30.3 Å². The molecule has 2 aromatic rings. The van der Waals surface area contributed by atoms with Gasteiger partial charge in [0.1, 0.15) is 17.3 Å². The van der Waals surface area contributed by atoms with Gasteiger partial charge in [-0.1, -0.05) is 26.0 Å². The van der Waals surface area contributed by atoms with Crippen molar-refractivity contribution in [1.82, 2.24) is 14.7 Å². The van der Waals surface area contributed by atoms with Gasteiger partial charge in [0.25, 0.3) is 0 Å². The number of benzene rings is 1. The van der Waals surface area contributed by atoms with Crippen molar-refractivity contribution in [3.63, 3.8) is 0 Å². The van der Waals surface area contributed by atoms with Crippen molar-refractivity contribution in [3.8, 4) is 11.3 Å². The zero-order valence-corrected chi connectivity index (χ0v) is 19.6. The van der Waals surface area contributed by atoms with E-state index >= 15 is 0 Å². The van der Waals surface area contributed by atoms with E-state index in [1.165, 1.54) is 12.5 Å². The van der Waals surface area contributed by atoms with E-state index in [4.69, 9.17) is 4.42 Å². The monoisotopic (exact) mass is 455 g/mol. The molecule has 0 saturated carbocycles. The molecule has 2 saturated heterocycles. The second kappa shape index (κ2) is 10.5. The van der Waals surface area contributed by atoms with Crippen LogP contribution in [0, 0.1) is 17.7 Å². The lowest BCUT2D eigenvalue weighted by atomic mass is 9.92. The van der Waals surface area contributed by atoms with Gasteiger partial charge in [0, 0.05) is 52.1 Å². The number of hydrogen-bond acceptors (Lipinski definition) is 4. The molecule has 2 unspecified atom stereocenters. The lowest BCUT2D eigenvalue weighted by Gasteiger charge is -2.38. The van der Waals surface area contributed by atoms with Gasteiger partial charge in [0.05, 0.1) is 12.1 Å². The van der Waals surface area contributed by atoms with Crippen molar-refractivity contribution >= 4 is 11.8 Å². The molecule has 0 aliphatic carbocycles. The molecule has 2 aliphatic heterocycles. The summed E-state index contributed by atoms with van der Waals surface area (Å²) in [4.78, 5) is 31.4. The van der Waals surface area contributed by atoms with Crippen molar-refractivity contribution in [1.29, 1.82) is 0 Å². The highest BCUT2D eigenvalue weighted by atomic mass is 19.1. The van der Waals surface area contributed by atoms with Crippen LogP contribution in [0.3, 0.4) is 0 Å². The first-order valence-electron chi connectivity index (χ1n) is 12.0. The SMILES string of the molecule is CC1CC(C)CN(C(=O)CN2CCN(C(=O)CCc3ccc(-c4ccccc4F)o3)CC2)C1. The van der Waals surface area contributed by atoms with Crippen molar-refractivity contribution in [2.45, 2.75) is 33.1 Å². The Balaban J connectivity index is 1.21. The summed E-state index contributed by atoms with van der Waals surface area (Å²) in [6.45, 7) is 9.28. The Morgan fingerprint density at radius 1 is 0.939 bits per heavy atom. The molecule has 0 spiro atoms. The smallest absolute Gasteiger partial charge is 0.236 e. The summed E-state index contributed by atoms with van der Waals surface area (Å²) in [7, 11) is 0. The topological polar surface area (TPSA) is 57.0 Å². The molecular weight excluding hydrogens is 421 g/mol. The molecule has 2 fully saturated rings. The van der Waals surface area contributed by atoms with Crippen LogP contribution >= 0.6 is 0 Å². The van der Waals surface area contributed by atoms with Crippen LogP contribution in [-0.2, 0) is 16.0 Å². The highest BCUT2D eigenvalue weighted by molar-refractivity contribution is 5.79. The number of likely N-dealkylation sites (tertiary alicyclic amines) is 1. The fourth-order valence-electron chi connectivity index (χ4n) is 5.02. The van der Waals surface area contributed by atoms with Crippen molar-refractivity contribution in [2.75, 3.05) is 45.8 Å². The summed E-state index contributed by atoms with van der Waals surface area (Å²) in [5.74, 6) is 2.24. The van der Waals surface area contributed by atoms with Crippen molar-refractivity contribution in [2.24, 2.45) is 11.8 Å². The van der Waals surface area contributed by atoms with Crippen molar-refractivity contribution in [3.05, 3.63) is 48.0 Å². The zero-order chi connectivity index (χ0) is 23.4. The van der Waals surface area contributed by atoms with Gasteiger partial charge in [-0.25, -0.2) is 4.39 Å². The first-order chi connectivity index (χ1) is 15.9. The number of rotatable bonds is 6. The molecule has 0 N–H and O–H groups in total. The minimum absolute atomic E-state index is 0.0866. The summed E-state index contributed by atoms with van der Waals surface area (Å²) in [5, 5.41) is 0. The molecule has 2 atom stereocenters. The Kier molecular flexibility index (Phi) is 7.48. The van der Waals surface area contributed by atoms with Crippen LogP contribution < -0.4 is 0 Å². The minimum Gasteiger partial charge on any atom is -0.461 e. The third kappa shape index (κ3) is 6.02. The van der Waals surface area contributed by atoms with Gasteiger partial charge < -0.3 is 14.2 Å². The molecule has 0 bridgehead atoms. The fraction of sp³-hybridized carbons (Fsp3) is 0.538. The van der Waals surface area contributed by atoms with Gasteiger partial charge in [-0.2, -0.15) is 0 Å². The standard InChI is InChI=1S/C26H34FN3O3/c1-19-15-20(2)17-30(16-19)26(32)18-28-11-13-29(14-12-28)25(31)10-8-21-7-9-24(33-21)22-5-3-4-6-23(22)27/h3-7,9,19-20H,8,10-18H2,1-2H3. The van der Waals surface area contributed by atoms with Gasteiger partial charge in [0.2, 0.25) is 11.8 Å². The van der Waals surface area contributed by atoms with Gasteiger partial charge in [-0.3, -0.25) is 14.5 Å². The molecule has 2 amide bonds. The summed E-state index contributed by atoms with van der Waals surface area (Å²) in [6.07, 6.45) is 2.02. The molecule has 33 heavy (non-hydrogen) atoms. The van der Waals surface area contributed by atoms with E-state index in [0.717, 1.165) is 13.1 Å². The first kappa shape index (κ1) is 23.5. The lowest BCUT2D eigenvalue weighted by Crippen LogP contribution is -2.53. The Morgan fingerprint density at radius 3 is 2.33 bits per heavy atom. The minimum atomic E-state index is -0.324. The Morgan fingerprint density at radius 2 is 1.64 bits per heavy atom. The number of piperidine rings is 1. The van der Waals surface area contributed by atoms with Crippen LogP contribution in [0.2, 0.25) is 0 Å². The third-order valence-electron chi connectivity index (χ3n) is 6.69. The van der Waals surface area contributed by atoms with Crippen LogP contribution in [0.5, 0.6) is 0 Å². The maximum atomic E-state index is 13.9. The van der Waals surface area contributed by atoms with Gasteiger partial charge in [-0.05, 0) is 42.5 Å². The number of nitrogens with zero attached hydrogens (tertiary/aromatic N) is 3.